The second kappa shape index (κ2) is 8.45. The molecule has 2 aromatic carbocycles. The van der Waals surface area contributed by atoms with Gasteiger partial charge in [-0.1, -0.05) is 36.4 Å². The topological polar surface area (TPSA) is 98.5 Å². The maximum Gasteiger partial charge on any atom is 0.341 e. The molecule has 0 aliphatic carbocycles. The summed E-state index contributed by atoms with van der Waals surface area (Å²) >= 11 is 1.23. The van der Waals surface area contributed by atoms with E-state index in [1.807, 2.05) is 30.3 Å². The average molecular weight is 396 g/mol. The van der Waals surface area contributed by atoms with Gasteiger partial charge in [0.1, 0.15) is 5.00 Å². The Morgan fingerprint density at radius 2 is 1.86 bits per heavy atom. The average Bonchev–Trinajstić information content (AvgIpc) is 3.13. The number of rotatable bonds is 6. The summed E-state index contributed by atoms with van der Waals surface area (Å²) in [5.74, 6) is -1.09. The number of nitrogens with zero attached hydrogens (tertiary/aromatic N) is 1. The predicted molar refractivity (Wildman–Crippen MR) is 107 cm³/mol. The molecule has 28 heavy (non-hydrogen) atoms. The fraction of sp³-hybridized carbons (Fsp3) is 0.100. The van der Waals surface area contributed by atoms with Crippen LogP contribution < -0.4 is 5.32 Å². The number of thiophene rings is 1. The van der Waals surface area contributed by atoms with Gasteiger partial charge in [0.05, 0.1) is 17.1 Å². The minimum absolute atomic E-state index is 0.124. The van der Waals surface area contributed by atoms with Crippen LogP contribution in [0.5, 0.6) is 0 Å². The standard InChI is InChI=1S/C20H16N2O5S/c1-2-27-20(24)16-12-17(13-7-4-3-5-8-13)28-19(16)21-18(23)14-9-6-10-15(11-14)22(25)26/h3-12H,2H2,1H3,(H,21,23). The van der Waals surface area contributed by atoms with Crippen LogP contribution >= 0.6 is 11.3 Å². The number of anilines is 1. The molecule has 0 unspecified atom stereocenters. The van der Waals surface area contributed by atoms with Crippen molar-refractivity contribution in [1.82, 2.24) is 0 Å². The van der Waals surface area contributed by atoms with Gasteiger partial charge in [0.2, 0.25) is 0 Å². The molecule has 0 aliphatic heterocycles. The minimum atomic E-state index is -0.570. The van der Waals surface area contributed by atoms with Crippen LogP contribution in [-0.2, 0) is 4.74 Å². The number of nitrogens with one attached hydrogen (secondary N) is 1. The molecule has 7 nitrogen and oxygen atoms in total. The van der Waals surface area contributed by atoms with Gasteiger partial charge in [-0.3, -0.25) is 14.9 Å². The molecule has 0 atom stereocenters. The third-order valence-corrected chi connectivity index (χ3v) is 4.93. The zero-order valence-electron chi connectivity index (χ0n) is 14.9. The second-order valence-electron chi connectivity index (χ2n) is 5.70. The molecule has 0 bridgehead atoms. The first-order valence-electron chi connectivity index (χ1n) is 8.41. The molecule has 0 fully saturated rings. The summed E-state index contributed by atoms with van der Waals surface area (Å²) in [4.78, 5) is 36.0. The molecule has 142 valence electrons. The van der Waals surface area contributed by atoms with Gasteiger partial charge in [-0.25, -0.2) is 4.79 Å². The van der Waals surface area contributed by atoms with Gasteiger partial charge in [0.25, 0.3) is 11.6 Å². The Hall–Kier alpha value is -3.52. The highest BCUT2D eigenvalue weighted by Gasteiger charge is 2.21. The first-order valence-corrected chi connectivity index (χ1v) is 9.23. The Labute approximate surface area is 164 Å². The molecule has 8 heteroatoms. The number of amides is 1. The molecular formula is C20H16N2O5S. The number of ether oxygens (including phenoxy) is 1. The Kier molecular flexibility index (Phi) is 5.81. The van der Waals surface area contributed by atoms with Crippen LogP contribution in [0.1, 0.15) is 27.6 Å². The van der Waals surface area contributed by atoms with Crippen molar-refractivity contribution in [2.45, 2.75) is 6.92 Å². The fourth-order valence-electron chi connectivity index (χ4n) is 2.53. The number of non-ortho nitro benzene ring substituents is 1. The van der Waals surface area contributed by atoms with Crippen molar-refractivity contribution in [1.29, 1.82) is 0 Å². The quantitative estimate of drug-likeness (QED) is 0.368. The lowest BCUT2D eigenvalue weighted by molar-refractivity contribution is -0.384. The number of hydrogen-bond acceptors (Lipinski definition) is 6. The maximum atomic E-state index is 12.6. The highest BCUT2D eigenvalue weighted by atomic mass is 32.1. The molecule has 1 N–H and O–H groups in total. The van der Waals surface area contributed by atoms with Crippen molar-refractivity contribution in [2.24, 2.45) is 0 Å². The highest BCUT2D eigenvalue weighted by molar-refractivity contribution is 7.20. The van der Waals surface area contributed by atoms with Gasteiger partial charge in [0, 0.05) is 22.6 Å². The van der Waals surface area contributed by atoms with E-state index < -0.39 is 16.8 Å². The van der Waals surface area contributed by atoms with E-state index in [-0.39, 0.29) is 23.4 Å². The van der Waals surface area contributed by atoms with Gasteiger partial charge in [-0.05, 0) is 24.6 Å². The van der Waals surface area contributed by atoms with E-state index in [4.69, 9.17) is 4.74 Å². The molecule has 1 heterocycles. The van der Waals surface area contributed by atoms with Crippen molar-refractivity contribution >= 4 is 33.9 Å². The summed E-state index contributed by atoms with van der Waals surface area (Å²) < 4.78 is 5.08. The Morgan fingerprint density at radius 3 is 2.54 bits per heavy atom. The Bertz CT molecular complexity index is 1030. The molecular weight excluding hydrogens is 380 g/mol. The molecule has 1 amide bonds. The van der Waals surface area contributed by atoms with Crippen molar-refractivity contribution in [3.8, 4) is 10.4 Å². The van der Waals surface area contributed by atoms with E-state index in [1.165, 1.54) is 35.6 Å². The van der Waals surface area contributed by atoms with E-state index in [0.717, 1.165) is 10.4 Å². The molecule has 0 aliphatic rings. The Morgan fingerprint density at radius 1 is 1.11 bits per heavy atom. The van der Waals surface area contributed by atoms with E-state index in [2.05, 4.69) is 5.32 Å². The molecule has 3 aromatic rings. The second-order valence-corrected chi connectivity index (χ2v) is 6.75. The van der Waals surface area contributed by atoms with E-state index in [9.17, 15) is 19.7 Å². The molecule has 0 spiro atoms. The lowest BCUT2D eigenvalue weighted by Gasteiger charge is -2.06. The molecule has 0 radical (unpaired) electrons. The third kappa shape index (κ3) is 4.24. The summed E-state index contributed by atoms with van der Waals surface area (Å²) in [5.41, 5.74) is 1.08. The number of nitro groups is 1. The fourth-order valence-corrected chi connectivity index (χ4v) is 3.57. The lowest BCUT2D eigenvalue weighted by atomic mass is 10.1. The molecule has 1 aromatic heterocycles. The van der Waals surface area contributed by atoms with Crippen LogP contribution in [0.25, 0.3) is 10.4 Å². The van der Waals surface area contributed by atoms with E-state index in [1.54, 1.807) is 13.0 Å². The summed E-state index contributed by atoms with van der Waals surface area (Å²) in [7, 11) is 0. The zero-order chi connectivity index (χ0) is 20.1. The number of carbonyl (C=O) groups excluding carboxylic acids is 2. The number of hydrogen-bond donors (Lipinski definition) is 1. The zero-order valence-corrected chi connectivity index (χ0v) is 15.7. The molecule has 3 rings (SSSR count). The summed E-state index contributed by atoms with van der Waals surface area (Å²) in [6, 6.07) is 16.5. The normalized spacial score (nSPS) is 10.3. The van der Waals surface area contributed by atoms with E-state index >= 15 is 0 Å². The largest absolute Gasteiger partial charge is 0.462 e. The maximum absolute atomic E-state index is 12.6. The van der Waals surface area contributed by atoms with Crippen molar-refractivity contribution in [3.63, 3.8) is 0 Å². The van der Waals surface area contributed by atoms with Gasteiger partial charge in [-0.2, -0.15) is 0 Å². The van der Waals surface area contributed by atoms with Crippen LogP contribution in [0, 0.1) is 10.1 Å². The molecule has 0 saturated heterocycles. The van der Waals surface area contributed by atoms with Crippen molar-refractivity contribution in [2.75, 3.05) is 11.9 Å². The number of esters is 1. The Balaban J connectivity index is 1.94. The first kappa shape index (κ1) is 19.2. The van der Waals surface area contributed by atoms with Crippen LogP contribution in [-0.4, -0.2) is 23.4 Å². The minimum Gasteiger partial charge on any atom is -0.462 e. The lowest BCUT2D eigenvalue weighted by Crippen LogP contribution is -2.14. The predicted octanol–water partition coefficient (Wildman–Crippen LogP) is 4.75. The number of benzene rings is 2. The van der Waals surface area contributed by atoms with Crippen LogP contribution in [0.3, 0.4) is 0 Å². The summed E-state index contributed by atoms with van der Waals surface area (Å²) in [6.07, 6.45) is 0. The van der Waals surface area contributed by atoms with Gasteiger partial charge < -0.3 is 10.1 Å². The van der Waals surface area contributed by atoms with Gasteiger partial charge in [-0.15, -0.1) is 11.3 Å². The smallest absolute Gasteiger partial charge is 0.341 e. The van der Waals surface area contributed by atoms with Gasteiger partial charge >= 0.3 is 5.97 Å². The van der Waals surface area contributed by atoms with Crippen LogP contribution in [0.2, 0.25) is 0 Å². The van der Waals surface area contributed by atoms with Gasteiger partial charge in [0.15, 0.2) is 0 Å². The SMILES string of the molecule is CCOC(=O)c1cc(-c2ccccc2)sc1NC(=O)c1cccc([N+](=O)[O-])c1. The van der Waals surface area contributed by atoms with Crippen LogP contribution in [0.4, 0.5) is 10.7 Å². The first-order chi connectivity index (χ1) is 13.5. The van der Waals surface area contributed by atoms with Crippen molar-refractivity contribution in [3.05, 3.63) is 81.9 Å². The number of nitro benzene ring substituents is 1. The number of carbonyl (C=O) groups is 2. The molecule has 0 saturated carbocycles. The third-order valence-electron chi connectivity index (χ3n) is 3.83. The van der Waals surface area contributed by atoms with E-state index in [0.29, 0.717) is 5.00 Å². The van der Waals surface area contributed by atoms with Crippen LogP contribution in [0.15, 0.2) is 60.7 Å². The highest BCUT2D eigenvalue weighted by Crippen LogP contribution is 2.36. The summed E-state index contributed by atoms with van der Waals surface area (Å²) in [6.45, 7) is 1.90. The monoisotopic (exact) mass is 396 g/mol. The van der Waals surface area contributed by atoms with Crippen molar-refractivity contribution < 1.29 is 19.2 Å². The summed E-state index contributed by atoms with van der Waals surface area (Å²) in [5, 5.41) is 13.9.